The van der Waals surface area contributed by atoms with Crippen molar-refractivity contribution in [2.75, 3.05) is 6.61 Å². The average molecular weight is 288 g/mol. The van der Waals surface area contributed by atoms with Gasteiger partial charge in [-0.05, 0) is 18.6 Å². The lowest BCUT2D eigenvalue weighted by atomic mass is 10.4. The summed E-state index contributed by atoms with van der Waals surface area (Å²) in [5.74, 6) is -0.111. The summed E-state index contributed by atoms with van der Waals surface area (Å²) in [7, 11) is 0. The number of hydrogen-bond acceptors (Lipinski definition) is 3. The van der Waals surface area contributed by atoms with Gasteiger partial charge in [-0.3, -0.25) is 0 Å². The zero-order chi connectivity index (χ0) is 15.2. The van der Waals surface area contributed by atoms with Gasteiger partial charge in [-0.2, -0.15) is 0 Å². The molecule has 1 aromatic rings. The third-order valence-electron chi connectivity index (χ3n) is 2.02. The summed E-state index contributed by atoms with van der Waals surface area (Å²) < 4.78 is 46.0. The molecular formula is C13H15F3N2O2. The zero-order valence-electron chi connectivity index (χ0n) is 11.0. The number of hydrogen-bond donors (Lipinski definition) is 0. The molecule has 4 nitrogen and oxygen atoms in total. The van der Waals surface area contributed by atoms with E-state index in [1.165, 1.54) is 10.8 Å². The van der Waals surface area contributed by atoms with Crippen molar-refractivity contribution >= 4 is 5.70 Å². The van der Waals surface area contributed by atoms with Gasteiger partial charge in [0.25, 0.3) is 0 Å². The van der Waals surface area contributed by atoms with Crippen molar-refractivity contribution < 1.29 is 22.6 Å². The van der Waals surface area contributed by atoms with Crippen LogP contribution in [0.25, 0.3) is 5.70 Å². The molecule has 1 rings (SSSR count). The van der Waals surface area contributed by atoms with Crippen molar-refractivity contribution in [2.45, 2.75) is 19.7 Å². The van der Waals surface area contributed by atoms with Crippen molar-refractivity contribution in [2.24, 2.45) is 0 Å². The van der Waals surface area contributed by atoms with Crippen LogP contribution < -0.4 is 4.74 Å². The SMILES string of the molecule is C=C(/C=C\C(=C)n1ccc(OCCC)n1)OC(F)(F)F. The van der Waals surface area contributed by atoms with Gasteiger partial charge in [0.15, 0.2) is 0 Å². The second-order valence-electron chi connectivity index (χ2n) is 3.79. The minimum Gasteiger partial charge on any atom is -0.477 e. The maximum atomic E-state index is 11.9. The molecule has 7 heteroatoms. The summed E-state index contributed by atoms with van der Waals surface area (Å²) in [5, 5.41) is 4.05. The van der Waals surface area contributed by atoms with Gasteiger partial charge in [0, 0.05) is 12.3 Å². The fraction of sp³-hybridized carbons (Fsp3) is 0.308. The quantitative estimate of drug-likeness (QED) is 0.566. The maximum Gasteiger partial charge on any atom is 0.573 e. The van der Waals surface area contributed by atoms with Crippen molar-refractivity contribution in [3.63, 3.8) is 0 Å². The van der Waals surface area contributed by atoms with E-state index in [9.17, 15) is 13.2 Å². The van der Waals surface area contributed by atoms with Gasteiger partial charge in [-0.25, -0.2) is 4.68 Å². The first-order valence-corrected chi connectivity index (χ1v) is 5.82. The molecular weight excluding hydrogens is 273 g/mol. The van der Waals surface area contributed by atoms with E-state index in [4.69, 9.17) is 4.74 Å². The fourth-order valence-corrected chi connectivity index (χ4v) is 1.20. The summed E-state index contributed by atoms with van der Waals surface area (Å²) in [6, 6.07) is 1.63. The third-order valence-corrected chi connectivity index (χ3v) is 2.02. The molecule has 0 N–H and O–H groups in total. The topological polar surface area (TPSA) is 36.3 Å². The maximum absolute atomic E-state index is 11.9. The Bertz CT molecular complexity index is 504. The molecule has 0 aliphatic rings. The van der Waals surface area contributed by atoms with Gasteiger partial charge in [0.05, 0.1) is 12.3 Å². The molecule has 20 heavy (non-hydrogen) atoms. The molecule has 0 fully saturated rings. The fourth-order valence-electron chi connectivity index (χ4n) is 1.20. The average Bonchev–Trinajstić information content (AvgIpc) is 2.80. The van der Waals surface area contributed by atoms with E-state index in [1.807, 2.05) is 6.92 Å². The number of ether oxygens (including phenoxy) is 2. The molecule has 0 atom stereocenters. The standard InChI is InChI=1S/C13H15F3N2O2/c1-4-9-19-12-7-8-18(17-12)10(2)5-6-11(3)20-13(14,15)16/h5-8H,2-4,9H2,1H3/b6-5-. The minimum atomic E-state index is -4.75. The Kier molecular flexibility index (Phi) is 5.42. The Morgan fingerprint density at radius 2 is 2.10 bits per heavy atom. The van der Waals surface area contributed by atoms with Gasteiger partial charge in [-0.15, -0.1) is 18.3 Å². The van der Waals surface area contributed by atoms with Crippen LogP contribution in [-0.2, 0) is 4.74 Å². The summed E-state index contributed by atoms with van der Waals surface area (Å²) in [6.07, 6.45) is 0.0533. The van der Waals surface area contributed by atoms with E-state index in [1.54, 1.807) is 12.3 Å². The zero-order valence-corrected chi connectivity index (χ0v) is 11.0. The minimum absolute atomic E-state index is 0.350. The Balaban J connectivity index is 2.58. The van der Waals surface area contributed by atoms with Crippen LogP contribution in [0, 0.1) is 0 Å². The molecule has 0 spiro atoms. The lowest BCUT2D eigenvalue weighted by molar-refractivity contribution is -0.303. The van der Waals surface area contributed by atoms with Crippen LogP contribution in [0.2, 0.25) is 0 Å². The summed E-state index contributed by atoms with van der Waals surface area (Å²) >= 11 is 0. The van der Waals surface area contributed by atoms with E-state index in [-0.39, 0.29) is 0 Å². The molecule has 0 amide bonds. The molecule has 110 valence electrons. The highest BCUT2D eigenvalue weighted by molar-refractivity contribution is 5.54. The molecule has 0 aliphatic heterocycles. The largest absolute Gasteiger partial charge is 0.573 e. The lowest BCUT2D eigenvalue weighted by Gasteiger charge is -2.08. The molecule has 0 radical (unpaired) electrons. The van der Waals surface area contributed by atoms with Crippen LogP contribution >= 0.6 is 0 Å². The van der Waals surface area contributed by atoms with E-state index < -0.39 is 12.1 Å². The van der Waals surface area contributed by atoms with E-state index in [2.05, 4.69) is 23.0 Å². The molecule has 1 heterocycles. The molecule has 0 aliphatic carbocycles. The highest BCUT2D eigenvalue weighted by Gasteiger charge is 2.30. The molecule has 0 bridgehead atoms. The Morgan fingerprint density at radius 1 is 1.40 bits per heavy atom. The normalized spacial score (nSPS) is 11.6. The highest BCUT2D eigenvalue weighted by Crippen LogP contribution is 2.20. The Hall–Kier alpha value is -2.18. The van der Waals surface area contributed by atoms with E-state index >= 15 is 0 Å². The smallest absolute Gasteiger partial charge is 0.477 e. The van der Waals surface area contributed by atoms with Gasteiger partial charge in [-0.1, -0.05) is 20.1 Å². The molecule has 0 saturated carbocycles. The van der Waals surface area contributed by atoms with Crippen molar-refractivity contribution in [1.29, 1.82) is 0 Å². The van der Waals surface area contributed by atoms with E-state index in [0.717, 1.165) is 12.5 Å². The third kappa shape index (κ3) is 5.64. The van der Waals surface area contributed by atoms with Crippen LogP contribution in [-0.4, -0.2) is 22.7 Å². The lowest BCUT2D eigenvalue weighted by Crippen LogP contribution is -2.11. The Labute approximate surface area is 114 Å². The molecule has 0 saturated heterocycles. The van der Waals surface area contributed by atoms with Crippen molar-refractivity contribution in [3.05, 3.63) is 43.3 Å². The van der Waals surface area contributed by atoms with Gasteiger partial charge < -0.3 is 9.47 Å². The van der Waals surface area contributed by atoms with Crippen LogP contribution in [0.1, 0.15) is 13.3 Å². The number of halogens is 3. The molecule has 0 unspecified atom stereocenters. The first-order chi connectivity index (χ1) is 9.31. The summed E-state index contributed by atoms with van der Waals surface area (Å²) in [4.78, 5) is 0. The van der Waals surface area contributed by atoms with Crippen LogP contribution in [0.5, 0.6) is 5.88 Å². The Morgan fingerprint density at radius 3 is 2.70 bits per heavy atom. The van der Waals surface area contributed by atoms with Crippen molar-refractivity contribution in [1.82, 2.24) is 9.78 Å². The van der Waals surface area contributed by atoms with Gasteiger partial charge in [0.1, 0.15) is 5.76 Å². The molecule has 1 aromatic heterocycles. The van der Waals surface area contributed by atoms with Crippen molar-refractivity contribution in [3.8, 4) is 5.88 Å². The van der Waals surface area contributed by atoms with Crippen LogP contribution in [0.4, 0.5) is 13.2 Å². The van der Waals surface area contributed by atoms with E-state index in [0.29, 0.717) is 18.2 Å². The first-order valence-electron chi connectivity index (χ1n) is 5.82. The predicted molar refractivity (Wildman–Crippen MR) is 68.8 cm³/mol. The first kappa shape index (κ1) is 15.9. The number of allylic oxidation sites excluding steroid dienone is 3. The summed E-state index contributed by atoms with van der Waals surface area (Å²) in [5.41, 5.74) is 0.350. The number of aromatic nitrogens is 2. The molecule has 0 aromatic carbocycles. The van der Waals surface area contributed by atoms with Gasteiger partial charge in [0.2, 0.25) is 5.88 Å². The monoisotopic (exact) mass is 288 g/mol. The van der Waals surface area contributed by atoms with Crippen LogP contribution in [0.3, 0.4) is 0 Å². The van der Waals surface area contributed by atoms with Crippen LogP contribution in [0.15, 0.2) is 43.3 Å². The summed E-state index contributed by atoms with van der Waals surface area (Å²) in [6.45, 7) is 9.29. The number of nitrogens with zero attached hydrogens (tertiary/aromatic N) is 2. The number of alkyl halides is 3. The second kappa shape index (κ2) is 6.83. The highest BCUT2D eigenvalue weighted by atomic mass is 19.4. The second-order valence-corrected chi connectivity index (χ2v) is 3.79. The number of rotatable bonds is 7. The van der Waals surface area contributed by atoms with Gasteiger partial charge >= 0.3 is 6.36 Å². The predicted octanol–water partition coefficient (Wildman–Crippen LogP) is 3.75.